The van der Waals surface area contributed by atoms with Crippen LogP contribution < -0.4 is 0 Å². The average molecular weight is 230 g/mol. The first kappa shape index (κ1) is 13.5. The largest absolute Gasteiger partial charge is 0.467 e. The first-order valence-corrected chi connectivity index (χ1v) is 5.98. The highest BCUT2D eigenvalue weighted by Crippen LogP contribution is 2.21. The van der Waals surface area contributed by atoms with Crippen LogP contribution in [0.1, 0.15) is 45.4 Å². The van der Waals surface area contributed by atoms with E-state index in [1.807, 2.05) is 0 Å². The van der Waals surface area contributed by atoms with E-state index in [2.05, 4.69) is 4.74 Å². The Balaban J connectivity index is 2.34. The normalized spacial score (nSPS) is 22.2. The number of methoxy groups -OCH3 is 1. The second kappa shape index (κ2) is 6.21. The highest BCUT2D eigenvalue weighted by atomic mass is 16.6. The zero-order valence-corrected chi connectivity index (χ0v) is 10.2. The molecule has 1 unspecified atom stereocenters. The molecule has 1 aliphatic carbocycles. The molecule has 94 valence electrons. The van der Waals surface area contributed by atoms with Crippen LogP contribution in [0.15, 0.2) is 0 Å². The maximum atomic E-state index is 11.2. The van der Waals surface area contributed by atoms with Gasteiger partial charge in [0, 0.05) is 0 Å². The number of carbonyl (C=O) groups excluding carboxylic acids is 1. The first-order valence-electron chi connectivity index (χ1n) is 5.98. The highest BCUT2D eigenvalue weighted by Gasteiger charge is 2.32. The van der Waals surface area contributed by atoms with Gasteiger partial charge in [-0.15, -0.1) is 0 Å². The maximum Gasteiger partial charge on any atom is 0.339 e. The molecule has 1 saturated carbocycles. The Morgan fingerprint density at radius 1 is 1.31 bits per heavy atom. The van der Waals surface area contributed by atoms with Crippen molar-refractivity contribution < 1.29 is 19.4 Å². The molecular weight excluding hydrogens is 208 g/mol. The molecule has 1 N–H and O–H groups in total. The Morgan fingerprint density at radius 3 is 2.38 bits per heavy atom. The van der Waals surface area contributed by atoms with Crippen molar-refractivity contribution in [3.05, 3.63) is 0 Å². The van der Waals surface area contributed by atoms with Gasteiger partial charge in [0.15, 0.2) is 5.60 Å². The van der Waals surface area contributed by atoms with Crippen LogP contribution in [0.3, 0.4) is 0 Å². The van der Waals surface area contributed by atoms with Gasteiger partial charge in [-0.05, 0) is 19.8 Å². The number of hydrogen-bond donors (Lipinski definition) is 1. The minimum absolute atomic E-state index is 0.0182. The van der Waals surface area contributed by atoms with Crippen molar-refractivity contribution in [3.63, 3.8) is 0 Å². The van der Waals surface area contributed by atoms with Gasteiger partial charge in [0.1, 0.15) is 0 Å². The predicted octanol–water partition coefficient (Wildman–Crippen LogP) is 1.65. The third-order valence-corrected chi connectivity index (χ3v) is 3.03. The van der Waals surface area contributed by atoms with Gasteiger partial charge in [-0.25, -0.2) is 4.79 Å². The van der Waals surface area contributed by atoms with E-state index in [-0.39, 0.29) is 12.7 Å². The highest BCUT2D eigenvalue weighted by molar-refractivity contribution is 5.78. The second-order valence-corrected chi connectivity index (χ2v) is 4.69. The van der Waals surface area contributed by atoms with Crippen molar-refractivity contribution in [1.29, 1.82) is 0 Å². The third-order valence-electron chi connectivity index (χ3n) is 3.03. The summed E-state index contributed by atoms with van der Waals surface area (Å²) in [5, 5.41) is 9.78. The third kappa shape index (κ3) is 4.10. The molecule has 4 heteroatoms. The molecule has 0 spiro atoms. The summed E-state index contributed by atoms with van der Waals surface area (Å²) >= 11 is 0. The number of hydrogen-bond acceptors (Lipinski definition) is 4. The summed E-state index contributed by atoms with van der Waals surface area (Å²) in [5.41, 5.74) is -1.53. The molecule has 1 atom stereocenters. The lowest BCUT2D eigenvalue weighted by molar-refractivity contribution is -0.169. The molecule has 1 fully saturated rings. The van der Waals surface area contributed by atoms with Crippen molar-refractivity contribution in [1.82, 2.24) is 0 Å². The monoisotopic (exact) mass is 230 g/mol. The van der Waals surface area contributed by atoms with E-state index in [0.717, 1.165) is 12.8 Å². The van der Waals surface area contributed by atoms with E-state index in [0.29, 0.717) is 0 Å². The number of carbonyl (C=O) groups is 1. The van der Waals surface area contributed by atoms with Gasteiger partial charge in [-0.3, -0.25) is 0 Å². The predicted molar refractivity (Wildman–Crippen MR) is 60.1 cm³/mol. The molecule has 4 nitrogen and oxygen atoms in total. The standard InChI is InChI=1S/C12H22O4/c1-12(14,11(13)15-2)9-16-10-7-5-3-4-6-8-10/h10,14H,3-9H2,1-2H3. The lowest BCUT2D eigenvalue weighted by atomic mass is 10.1. The zero-order chi connectivity index (χ0) is 12.0. The molecule has 0 aliphatic heterocycles. The summed E-state index contributed by atoms with van der Waals surface area (Å²) in [4.78, 5) is 11.2. The van der Waals surface area contributed by atoms with Gasteiger partial charge >= 0.3 is 5.97 Å². The molecule has 16 heavy (non-hydrogen) atoms. The summed E-state index contributed by atoms with van der Waals surface area (Å²) in [6, 6.07) is 0. The number of esters is 1. The van der Waals surface area contributed by atoms with E-state index in [4.69, 9.17) is 4.74 Å². The molecular formula is C12H22O4. The lowest BCUT2D eigenvalue weighted by Gasteiger charge is -2.23. The van der Waals surface area contributed by atoms with E-state index in [9.17, 15) is 9.90 Å². The fraction of sp³-hybridized carbons (Fsp3) is 0.917. The van der Waals surface area contributed by atoms with Crippen LogP contribution in [0.2, 0.25) is 0 Å². The van der Waals surface area contributed by atoms with Crippen LogP contribution in [0.5, 0.6) is 0 Å². The number of ether oxygens (including phenoxy) is 2. The van der Waals surface area contributed by atoms with Crippen molar-refractivity contribution in [2.75, 3.05) is 13.7 Å². The van der Waals surface area contributed by atoms with Gasteiger partial charge in [-0.1, -0.05) is 25.7 Å². The molecule has 0 aromatic heterocycles. The Labute approximate surface area is 96.9 Å². The van der Waals surface area contributed by atoms with Crippen LogP contribution >= 0.6 is 0 Å². The van der Waals surface area contributed by atoms with Crippen LogP contribution in [0.25, 0.3) is 0 Å². The summed E-state index contributed by atoms with van der Waals surface area (Å²) < 4.78 is 10.1. The Bertz CT molecular complexity index is 217. The van der Waals surface area contributed by atoms with Gasteiger partial charge in [0.25, 0.3) is 0 Å². The van der Waals surface area contributed by atoms with E-state index in [1.165, 1.54) is 39.7 Å². The van der Waals surface area contributed by atoms with Gasteiger partial charge in [-0.2, -0.15) is 0 Å². The Kier molecular flexibility index (Phi) is 5.22. The maximum absolute atomic E-state index is 11.2. The molecule has 0 saturated heterocycles. The molecule has 0 amide bonds. The Hall–Kier alpha value is -0.610. The van der Waals surface area contributed by atoms with Gasteiger partial charge in [0.2, 0.25) is 0 Å². The zero-order valence-electron chi connectivity index (χ0n) is 10.2. The summed E-state index contributed by atoms with van der Waals surface area (Å²) in [6.45, 7) is 1.44. The fourth-order valence-electron chi connectivity index (χ4n) is 1.97. The Morgan fingerprint density at radius 2 is 1.88 bits per heavy atom. The van der Waals surface area contributed by atoms with Crippen molar-refractivity contribution in [2.24, 2.45) is 0 Å². The minimum atomic E-state index is -1.53. The van der Waals surface area contributed by atoms with Crippen LogP contribution in [-0.2, 0) is 14.3 Å². The van der Waals surface area contributed by atoms with E-state index >= 15 is 0 Å². The molecule has 1 aliphatic rings. The van der Waals surface area contributed by atoms with Gasteiger partial charge < -0.3 is 14.6 Å². The smallest absolute Gasteiger partial charge is 0.339 e. The molecule has 0 aromatic carbocycles. The van der Waals surface area contributed by atoms with E-state index < -0.39 is 11.6 Å². The summed E-state index contributed by atoms with van der Waals surface area (Å²) in [5.74, 6) is -0.638. The second-order valence-electron chi connectivity index (χ2n) is 4.69. The lowest BCUT2D eigenvalue weighted by Crippen LogP contribution is -2.42. The molecule has 0 radical (unpaired) electrons. The topological polar surface area (TPSA) is 55.8 Å². The van der Waals surface area contributed by atoms with Crippen molar-refractivity contribution >= 4 is 5.97 Å². The quantitative estimate of drug-likeness (QED) is 0.589. The first-order chi connectivity index (χ1) is 7.56. The van der Waals surface area contributed by atoms with Crippen LogP contribution in [0.4, 0.5) is 0 Å². The van der Waals surface area contributed by atoms with Crippen LogP contribution in [-0.4, -0.2) is 36.5 Å². The van der Waals surface area contributed by atoms with Crippen molar-refractivity contribution in [2.45, 2.75) is 57.2 Å². The van der Waals surface area contributed by atoms with Gasteiger partial charge in [0.05, 0.1) is 19.8 Å². The summed E-state index contributed by atoms with van der Waals surface area (Å²) in [7, 11) is 1.27. The molecule has 0 aromatic rings. The molecule has 0 heterocycles. The fourth-order valence-corrected chi connectivity index (χ4v) is 1.97. The SMILES string of the molecule is COC(=O)C(C)(O)COC1CCCCCC1. The van der Waals surface area contributed by atoms with E-state index in [1.54, 1.807) is 0 Å². The van der Waals surface area contributed by atoms with Crippen molar-refractivity contribution in [3.8, 4) is 0 Å². The molecule has 1 rings (SSSR count). The minimum Gasteiger partial charge on any atom is -0.467 e. The number of rotatable bonds is 4. The van der Waals surface area contributed by atoms with Crippen LogP contribution in [0, 0.1) is 0 Å². The average Bonchev–Trinajstić information content (AvgIpc) is 2.53. The summed E-state index contributed by atoms with van der Waals surface area (Å²) in [6.07, 6.45) is 7.09. The number of aliphatic hydroxyl groups is 1. The molecule has 0 bridgehead atoms.